The van der Waals surface area contributed by atoms with Crippen molar-refractivity contribution in [3.8, 4) is 11.5 Å². The highest BCUT2D eigenvalue weighted by Gasteiger charge is 2.32. The lowest BCUT2D eigenvalue weighted by molar-refractivity contribution is -0.136. The van der Waals surface area contributed by atoms with Gasteiger partial charge in [0.2, 0.25) is 5.91 Å². The van der Waals surface area contributed by atoms with E-state index in [2.05, 4.69) is 80.8 Å². The summed E-state index contributed by atoms with van der Waals surface area (Å²) in [5.74, 6) is 2.92. The van der Waals surface area contributed by atoms with Gasteiger partial charge in [0.05, 0.1) is 19.1 Å². The lowest BCUT2D eigenvalue weighted by Crippen LogP contribution is -2.39. The van der Waals surface area contributed by atoms with Crippen molar-refractivity contribution < 1.29 is 14.3 Å². The van der Waals surface area contributed by atoms with Gasteiger partial charge in [-0.3, -0.25) is 9.69 Å². The number of hydrogen-bond acceptors (Lipinski definition) is 4. The average Bonchev–Trinajstić information content (AvgIpc) is 3.26. The first-order valence-electron chi connectivity index (χ1n) is 15.3. The first kappa shape index (κ1) is 32.7. The molecule has 39 heavy (non-hydrogen) atoms. The third-order valence-corrected chi connectivity index (χ3v) is 7.06. The van der Waals surface area contributed by atoms with Crippen LogP contribution in [0.25, 0.3) is 0 Å². The van der Waals surface area contributed by atoms with Gasteiger partial charge in [0.1, 0.15) is 0 Å². The van der Waals surface area contributed by atoms with Gasteiger partial charge in [-0.2, -0.15) is 0 Å². The predicted molar refractivity (Wildman–Crippen MR) is 164 cm³/mol. The molecule has 1 saturated heterocycles. The molecule has 0 aliphatic carbocycles. The molecule has 0 saturated carbocycles. The maximum absolute atomic E-state index is 13.7. The van der Waals surface area contributed by atoms with E-state index in [0.717, 1.165) is 61.6 Å². The van der Waals surface area contributed by atoms with Crippen LogP contribution in [0.1, 0.15) is 96.4 Å². The molecule has 5 heteroatoms. The Labute approximate surface area is 238 Å². The average molecular weight is 539 g/mol. The predicted octanol–water partition coefficient (Wildman–Crippen LogP) is 7.84. The van der Waals surface area contributed by atoms with Crippen molar-refractivity contribution in [2.75, 3.05) is 32.8 Å². The van der Waals surface area contributed by atoms with Crippen molar-refractivity contribution in [3.63, 3.8) is 0 Å². The second kappa shape index (κ2) is 16.5. The molecule has 0 bridgehead atoms. The second-order valence-electron chi connectivity index (χ2n) is 11.0. The molecular formula is C34H54N2O3. The van der Waals surface area contributed by atoms with Crippen LogP contribution in [0.15, 0.2) is 36.4 Å². The number of carbonyl (C=O) groups excluding carboxylic acids is 1. The van der Waals surface area contributed by atoms with Gasteiger partial charge >= 0.3 is 0 Å². The first-order valence-corrected chi connectivity index (χ1v) is 15.3. The molecule has 0 unspecified atom stereocenters. The molecule has 0 aromatic heterocycles. The van der Waals surface area contributed by atoms with Crippen molar-refractivity contribution in [1.29, 1.82) is 0 Å². The minimum Gasteiger partial charge on any atom is -0.490 e. The minimum absolute atomic E-state index is 0.0569. The molecule has 5 nitrogen and oxygen atoms in total. The smallest absolute Gasteiger partial charge is 0.227 e. The fraction of sp³-hybridized carbons (Fsp3) is 0.618. The molecule has 0 radical (unpaired) electrons. The minimum atomic E-state index is 0.0569. The van der Waals surface area contributed by atoms with Gasteiger partial charge in [-0.25, -0.2) is 0 Å². The topological polar surface area (TPSA) is 42.0 Å². The van der Waals surface area contributed by atoms with Gasteiger partial charge in [-0.1, -0.05) is 85.7 Å². The molecule has 2 aliphatic heterocycles. The lowest BCUT2D eigenvalue weighted by atomic mass is 9.97. The van der Waals surface area contributed by atoms with Crippen molar-refractivity contribution in [2.45, 2.75) is 94.2 Å². The molecule has 2 heterocycles. The number of ether oxygens (including phenoxy) is 2. The number of aryl methyl sites for hydroxylation is 1. The van der Waals surface area contributed by atoms with Crippen LogP contribution in [0, 0.1) is 18.8 Å². The van der Waals surface area contributed by atoms with E-state index < -0.39 is 0 Å². The van der Waals surface area contributed by atoms with Gasteiger partial charge in [0.25, 0.3) is 0 Å². The molecule has 0 N–H and O–H groups in total. The van der Waals surface area contributed by atoms with Crippen LogP contribution in [-0.2, 0) is 17.9 Å². The van der Waals surface area contributed by atoms with Crippen molar-refractivity contribution in [2.24, 2.45) is 11.8 Å². The van der Waals surface area contributed by atoms with Gasteiger partial charge in [-0.15, -0.1) is 0 Å². The Kier molecular flexibility index (Phi) is 13.9. The summed E-state index contributed by atoms with van der Waals surface area (Å²) in [7, 11) is 0. The number of benzene rings is 2. The third-order valence-electron chi connectivity index (χ3n) is 7.06. The van der Waals surface area contributed by atoms with Crippen LogP contribution in [0.3, 0.4) is 0 Å². The number of nitrogens with zero attached hydrogens (tertiary/aromatic N) is 2. The number of rotatable bonds is 8. The summed E-state index contributed by atoms with van der Waals surface area (Å²) >= 11 is 0. The quantitative estimate of drug-likeness (QED) is 0.343. The van der Waals surface area contributed by atoms with Crippen molar-refractivity contribution in [3.05, 3.63) is 58.7 Å². The van der Waals surface area contributed by atoms with E-state index >= 15 is 0 Å². The normalized spacial score (nSPS) is 16.6. The SMILES string of the molecule is CC.CC.Cc1cc(CN(CC(C)C)C(=O)[C@@H]2CCN(Cc3ccccc3C(C)C)C2)cc2c1OCCCO2. The van der Waals surface area contributed by atoms with Crippen molar-refractivity contribution in [1.82, 2.24) is 9.80 Å². The van der Waals surface area contributed by atoms with E-state index in [9.17, 15) is 4.79 Å². The molecular weight excluding hydrogens is 484 g/mol. The number of amides is 1. The fourth-order valence-corrected chi connectivity index (χ4v) is 5.42. The van der Waals surface area contributed by atoms with Crippen LogP contribution in [-0.4, -0.2) is 48.6 Å². The Bertz CT molecular complexity index is 1020. The molecule has 4 rings (SSSR count). The summed E-state index contributed by atoms with van der Waals surface area (Å²) < 4.78 is 11.9. The first-order chi connectivity index (χ1) is 18.8. The van der Waals surface area contributed by atoms with Gasteiger partial charge < -0.3 is 14.4 Å². The summed E-state index contributed by atoms with van der Waals surface area (Å²) in [6.07, 6.45) is 1.82. The Morgan fingerprint density at radius 1 is 1.03 bits per heavy atom. The van der Waals surface area contributed by atoms with E-state index in [-0.39, 0.29) is 11.8 Å². The van der Waals surface area contributed by atoms with Crippen LogP contribution < -0.4 is 9.47 Å². The summed E-state index contributed by atoms with van der Waals surface area (Å²) in [6, 6.07) is 12.9. The Balaban J connectivity index is 0.00000127. The Morgan fingerprint density at radius 2 is 1.72 bits per heavy atom. The summed E-state index contributed by atoms with van der Waals surface area (Å²) in [5.41, 5.74) is 4.99. The maximum Gasteiger partial charge on any atom is 0.227 e. The van der Waals surface area contributed by atoms with Gasteiger partial charge in [0.15, 0.2) is 11.5 Å². The molecule has 2 aromatic rings. The second-order valence-corrected chi connectivity index (χ2v) is 11.0. The molecule has 2 aromatic carbocycles. The molecule has 1 atom stereocenters. The molecule has 0 spiro atoms. The maximum atomic E-state index is 13.7. The summed E-state index contributed by atoms with van der Waals surface area (Å²) in [5, 5.41) is 0. The summed E-state index contributed by atoms with van der Waals surface area (Å²) in [4.78, 5) is 18.3. The van der Waals surface area contributed by atoms with Crippen molar-refractivity contribution >= 4 is 5.91 Å². The summed E-state index contributed by atoms with van der Waals surface area (Å²) in [6.45, 7) is 24.4. The van der Waals surface area contributed by atoms with E-state index in [4.69, 9.17) is 9.47 Å². The zero-order valence-corrected chi connectivity index (χ0v) is 26.2. The fourth-order valence-electron chi connectivity index (χ4n) is 5.42. The largest absolute Gasteiger partial charge is 0.490 e. The van der Waals surface area contributed by atoms with Crippen LogP contribution in [0.4, 0.5) is 0 Å². The zero-order valence-electron chi connectivity index (χ0n) is 26.2. The highest BCUT2D eigenvalue weighted by atomic mass is 16.5. The molecule has 218 valence electrons. The lowest BCUT2D eigenvalue weighted by Gasteiger charge is -2.28. The highest BCUT2D eigenvalue weighted by Crippen LogP contribution is 2.35. The van der Waals surface area contributed by atoms with E-state index in [1.165, 1.54) is 11.1 Å². The van der Waals surface area contributed by atoms with E-state index in [1.807, 2.05) is 27.7 Å². The number of hydrogen-bond donors (Lipinski definition) is 0. The van der Waals surface area contributed by atoms with Crippen LogP contribution in [0.2, 0.25) is 0 Å². The van der Waals surface area contributed by atoms with E-state index in [1.54, 1.807) is 0 Å². The Morgan fingerprint density at radius 3 is 2.41 bits per heavy atom. The molecule has 2 aliphatic rings. The monoisotopic (exact) mass is 538 g/mol. The number of carbonyl (C=O) groups is 1. The van der Waals surface area contributed by atoms with Gasteiger partial charge in [0, 0.05) is 32.6 Å². The third kappa shape index (κ3) is 9.27. The van der Waals surface area contributed by atoms with Gasteiger partial charge in [-0.05, 0) is 60.0 Å². The molecule has 1 amide bonds. The molecule has 1 fully saturated rings. The number of likely N-dealkylation sites (tertiary alicyclic amines) is 1. The van der Waals surface area contributed by atoms with E-state index in [0.29, 0.717) is 31.6 Å². The standard InChI is InChI=1S/C30H42N2O3.2C2H6/c1-21(2)17-32(18-24-15-23(5)29-28(16-24)34-13-8-14-35-29)30(33)26-11-12-31(20-26)19-25-9-6-7-10-27(25)22(3)4;2*1-2/h6-7,9-10,15-16,21-22,26H,8,11-14,17-20H2,1-5H3;2*1-2H3/t26-;;/m1../s1. The van der Waals surface area contributed by atoms with Crippen LogP contribution in [0.5, 0.6) is 11.5 Å². The zero-order chi connectivity index (χ0) is 28.9. The number of fused-ring (bicyclic) bond motifs is 1. The highest BCUT2D eigenvalue weighted by molar-refractivity contribution is 5.79. The Hall–Kier alpha value is -2.53. The van der Waals surface area contributed by atoms with Crippen LogP contribution >= 0.6 is 0 Å².